The fourth-order valence-electron chi connectivity index (χ4n) is 4.14. The van der Waals surface area contributed by atoms with Crippen LogP contribution in [0, 0.1) is 6.92 Å². The maximum Gasteiger partial charge on any atom is 0.224 e. The molecule has 1 aromatic carbocycles. The van der Waals surface area contributed by atoms with E-state index in [1.807, 2.05) is 41.8 Å². The lowest BCUT2D eigenvalue weighted by atomic mass is 10.1. The zero-order valence-electron chi connectivity index (χ0n) is 18.1. The van der Waals surface area contributed by atoms with Crippen molar-refractivity contribution in [1.29, 1.82) is 0 Å². The average molecular weight is 413 g/mol. The molecule has 1 amide bonds. The summed E-state index contributed by atoms with van der Waals surface area (Å²) >= 11 is 0. The van der Waals surface area contributed by atoms with Gasteiger partial charge in [0, 0.05) is 32.3 Å². The number of nitrogens with zero attached hydrogens (tertiary/aromatic N) is 4. The molecule has 0 aliphatic carbocycles. The van der Waals surface area contributed by atoms with Crippen molar-refractivity contribution in [1.82, 2.24) is 19.6 Å². The van der Waals surface area contributed by atoms with Crippen LogP contribution in [-0.4, -0.2) is 58.3 Å². The molecule has 0 spiro atoms. The standard InChI is InChI=1S/C23H32N4O3/c1-18-14-20(24-25(18)2)17-27(23(28)8-11-26-9-4-3-5-10-26)16-19-6-7-21-22(15-19)30-13-12-29-21/h6-7,14-15H,3-5,8-13,16-17H2,1-2H3. The zero-order valence-corrected chi connectivity index (χ0v) is 18.1. The number of likely N-dealkylation sites (tertiary alicyclic amines) is 1. The highest BCUT2D eigenvalue weighted by Crippen LogP contribution is 2.31. The number of amides is 1. The van der Waals surface area contributed by atoms with Crippen molar-refractivity contribution in [3.8, 4) is 11.5 Å². The fourth-order valence-corrected chi connectivity index (χ4v) is 4.14. The topological polar surface area (TPSA) is 59.8 Å². The summed E-state index contributed by atoms with van der Waals surface area (Å²) in [7, 11) is 1.93. The van der Waals surface area contributed by atoms with Crippen molar-refractivity contribution >= 4 is 5.91 Å². The highest BCUT2D eigenvalue weighted by Gasteiger charge is 2.20. The highest BCUT2D eigenvalue weighted by atomic mass is 16.6. The third kappa shape index (κ3) is 5.14. The van der Waals surface area contributed by atoms with Crippen molar-refractivity contribution in [2.24, 2.45) is 7.05 Å². The van der Waals surface area contributed by atoms with Gasteiger partial charge in [0.2, 0.25) is 5.91 Å². The largest absolute Gasteiger partial charge is 0.486 e. The van der Waals surface area contributed by atoms with E-state index in [1.165, 1.54) is 19.3 Å². The number of ether oxygens (including phenoxy) is 2. The van der Waals surface area contributed by atoms with E-state index in [4.69, 9.17) is 9.47 Å². The summed E-state index contributed by atoms with van der Waals surface area (Å²) < 4.78 is 13.2. The molecule has 3 heterocycles. The summed E-state index contributed by atoms with van der Waals surface area (Å²) in [6.45, 7) is 7.25. The van der Waals surface area contributed by atoms with Crippen molar-refractivity contribution in [3.63, 3.8) is 0 Å². The van der Waals surface area contributed by atoms with Gasteiger partial charge >= 0.3 is 0 Å². The van der Waals surface area contributed by atoms with Gasteiger partial charge in [-0.3, -0.25) is 9.48 Å². The molecule has 0 atom stereocenters. The first-order chi connectivity index (χ1) is 14.6. The van der Waals surface area contributed by atoms with E-state index in [0.717, 1.165) is 48.1 Å². The Morgan fingerprint density at radius 3 is 2.57 bits per heavy atom. The Morgan fingerprint density at radius 1 is 1.07 bits per heavy atom. The molecule has 2 aromatic rings. The van der Waals surface area contributed by atoms with Crippen LogP contribution in [0.3, 0.4) is 0 Å². The first-order valence-corrected chi connectivity index (χ1v) is 11.0. The molecule has 7 heteroatoms. The fraction of sp³-hybridized carbons (Fsp3) is 0.565. The van der Waals surface area contributed by atoms with E-state index in [0.29, 0.717) is 32.7 Å². The molecule has 0 N–H and O–H groups in total. The van der Waals surface area contributed by atoms with Crippen LogP contribution in [0.2, 0.25) is 0 Å². The minimum absolute atomic E-state index is 0.166. The summed E-state index contributed by atoms with van der Waals surface area (Å²) in [5, 5.41) is 4.56. The van der Waals surface area contributed by atoms with Gasteiger partial charge in [-0.2, -0.15) is 5.10 Å². The number of aromatic nitrogens is 2. The van der Waals surface area contributed by atoms with Crippen molar-refractivity contribution in [2.75, 3.05) is 32.8 Å². The van der Waals surface area contributed by atoms with Crippen LogP contribution in [0.15, 0.2) is 24.3 Å². The van der Waals surface area contributed by atoms with Crippen molar-refractivity contribution in [3.05, 3.63) is 41.2 Å². The first-order valence-electron chi connectivity index (χ1n) is 11.0. The SMILES string of the molecule is Cc1cc(CN(Cc2ccc3c(c2)OCCO3)C(=O)CCN2CCCCC2)nn1C. The lowest BCUT2D eigenvalue weighted by molar-refractivity contribution is -0.133. The summed E-state index contributed by atoms with van der Waals surface area (Å²) in [6, 6.07) is 7.99. The molecule has 0 bridgehead atoms. The van der Waals surface area contributed by atoms with Crippen molar-refractivity contribution < 1.29 is 14.3 Å². The van der Waals surface area contributed by atoms with E-state index < -0.39 is 0 Å². The molecule has 0 unspecified atom stereocenters. The van der Waals surface area contributed by atoms with Gasteiger partial charge in [-0.05, 0) is 56.6 Å². The number of carbonyl (C=O) groups excluding carboxylic acids is 1. The summed E-state index contributed by atoms with van der Waals surface area (Å²) in [5.74, 6) is 1.69. The van der Waals surface area contributed by atoms with E-state index >= 15 is 0 Å². The number of carbonyl (C=O) groups is 1. The molecule has 30 heavy (non-hydrogen) atoms. The number of piperidine rings is 1. The molecular formula is C23H32N4O3. The molecule has 162 valence electrons. The lowest BCUT2D eigenvalue weighted by Gasteiger charge is -2.28. The third-order valence-electron chi connectivity index (χ3n) is 5.94. The zero-order chi connectivity index (χ0) is 20.9. The van der Waals surface area contributed by atoms with Gasteiger partial charge < -0.3 is 19.3 Å². The molecule has 1 aromatic heterocycles. The average Bonchev–Trinajstić information content (AvgIpc) is 3.09. The second-order valence-corrected chi connectivity index (χ2v) is 8.28. The van der Waals surface area contributed by atoms with Gasteiger partial charge in [0.25, 0.3) is 0 Å². The highest BCUT2D eigenvalue weighted by molar-refractivity contribution is 5.76. The predicted octanol–water partition coefficient (Wildman–Crippen LogP) is 2.90. The molecule has 4 rings (SSSR count). The second kappa shape index (κ2) is 9.51. The van der Waals surface area contributed by atoms with Crippen LogP contribution in [0.25, 0.3) is 0 Å². The maximum absolute atomic E-state index is 13.2. The Hall–Kier alpha value is -2.54. The Morgan fingerprint density at radius 2 is 1.83 bits per heavy atom. The quantitative estimate of drug-likeness (QED) is 0.700. The van der Waals surface area contributed by atoms with E-state index in [1.54, 1.807) is 0 Å². The minimum atomic E-state index is 0.166. The van der Waals surface area contributed by atoms with Crippen LogP contribution in [0.1, 0.15) is 42.6 Å². The van der Waals surface area contributed by atoms with Gasteiger partial charge in [0.05, 0.1) is 12.2 Å². The molecule has 2 aliphatic heterocycles. The third-order valence-corrected chi connectivity index (χ3v) is 5.94. The normalized spacial score (nSPS) is 16.5. The lowest BCUT2D eigenvalue weighted by Crippen LogP contribution is -2.36. The number of aryl methyl sites for hydroxylation is 2. The smallest absolute Gasteiger partial charge is 0.224 e. The summed E-state index contributed by atoms with van der Waals surface area (Å²) in [4.78, 5) is 17.5. The predicted molar refractivity (Wildman–Crippen MR) is 115 cm³/mol. The molecule has 2 aliphatic rings. The molecule has 1 fully saturated rings. The Kier molecular flexibility index (Phi) is 6.57. The van der Waals surface area contributed by atoms with Gasteiger partial charge in [0.15, 0.2) is 11.5 Å². The molecule has 7 nitrogen and oxygen atoms in total. The Labute approximate surface area is 178 Å². The van der Waals surface area contributed by atoms with Gasteiger partial charge in [-0.15, -0.1) is 0 Å². The molecule has 1 saturated heterocycles. The van der Waals surface area contributed by atoms with E-state index in [9.17, 15) is 4.79 Å². The second-order valence-electron chi connectivity index (χ2n) is 8.28. The van der Waals surface area contributed by atoms with Gasteiger partial charge in [-0.25, -0.2) is 0 Å². The molecular weight excluding hydrogens is 380 g/mol. The summed E-state index contributed by atoms with van der Waals surface area (Å²) in [6.07, 6.45) is 4.32. The number of hydrogen-bond acceptors (Lipinski definition) is 5. The van der Waals surface area contributed by atoms with E-state index in [2.05, 4.69) is 16.1 Å². The number of rotatable bonds is 7. The van der Waals surface area contributed by atoms with Gasteiger partial charge in [-0.1, -0.05) is 12.5 Å². The molecule has 0 saturated carbocycles. The maximum atomic E-state index is 13.2. The summed E-state index contributed by atoms with van der Waals surface area (Å²) in [5.41, 5.74) is 3.04. The number of benzene rings is 1. The van der Waals surface area contributed by atoms with Crippen LogP contribution in [0.4, 0.5) is 0 Å². The Bertz CT molecular complexity index is 854. The number of fused-ring (bicyclic) bond motifs is 1. The van der Waals surface area contributed by atoms with Gasteiger partial charge in [0.1, 0.15) is 13.2 Å². The van der Waals surface area contributed by atoms with E-state index in [-0.39, 0.29) is 5.91 Å². The van der Waals surface area contributed by atoms with Crippen molar-refractivity contribution in [2.45, 2.75) is 45.7 Å². The van der Waals surface area contributed by atoms with Crippen LogP contribution >= 0.6 is 0 Å². The van der Waals surface area contributed by atoms with Crippen LogP contribution in [0.5, 0.6) is 11.5 Å². The molecule has 0 radical (unpaired) electrons. The minimum Gasteiger partial charge on any atom is -0.486 e. The van der Waals surface area contributed by atoms with Crippen LogP contribution < -0.4 is 9.47 Å². The number of hydrogen-bond donors (Lipinski definition) is 0. The monoisotopic (exact) mass is 412 g/mol. The van der Waals surface area contributed by atoms with Crippen LogP contribution in [-0.2, 0) is 24.9 Å². The first kappa shape index (κ1) is 20.7. The Balaban J connectivity index is 1.46.